The Labute approximate surface area is 174 Å². The van der Waals surface area contributed by atoms with Crippen molar-refractivity contribution in [2.45, 2.75) is 44.9 Å². The Bertz CT molecular complexity index is 673. The monoisotopic (exact) mass is 401 g/mol. The van der Waals surface area contributed by atoms with Crippen LogP contribution in [0.5, 0.6) is 0 Å². The third-order valence-corrected chi connectivity index (χ3v) is 6.07. The molecule has 1 heterocycles. The Morgan fingerprint density at radius 3 is 2.48 bits per heavy atom. The van der Waals surface area contributed by atoms with Gasteiger partial charge in [-0.3, -0.25) is 9.69 Å². The Kier molecular flexibility index (Phi) is 7.53. The molecule has 0 unspecified atom stereocenters. The number of hydrogen-bond acceptors (Lipinski definition) is 4. The van der Waals surface area contributed by atoms with Gasteiger partial charge in [0.05, 0.1) is 13.2 Å². The van der Waals surface area contributed by atoms with Gasteiger partial charge in [-0.05, 0) is 30.7 Å². The van der Waals surface area contributed by atoms with Crippen molar-refractivity contribution in [3.63, 3.8) is 0 Å². The summed E-state index contributed by atoms with van der Waals surface area (Å²) in [4.78, 5) is 28.7. The lowest BCUT2D eigenvalue weighted by molar-refractivity contribution is -0.122. The number of carbonyl (C=O) groups is 2. The third-order valence-electron chi connectivity index (χ3n) is 6.07. The molecule has 1 aliphatic heterocycles. The van der Waals surface area contributed by atoms with Crippen molar-refractivity contribution in [2.75, 3.05) is 45.9 Å². The van der Waals surface area contributed by atoms with Crippen LogP contribution >= 0.6 is 0 Å². The standard InChI is InChI=1S/C23H35N3O3/c1-19(2)17-29-22(28)26-13-7-12-25(14-15-26)16-21(27)24-18-23(10-6-11-23)20-8-4-3-5-9-20/h3-5,8-9,19H,6-7,10-18H2,1-2H3,(H,24,27). The number of amides is 2. The van der Waals surface area contributed by atoms with Gasteiger partial charge in [-0.2, -0.15) is 0 Å². The minimum Gasteiger partial charge on any atom is -0.449 e. The number of ether oxygens (including phenoxy) is 1. The van der Waals surface area contributed by atoms with Crippen LogP contribution in [0.1, 0.15) is 45.1 Å². The largest absolute Gasteiger partial charge is 0.449 e. The third kappa shape index (κ3) is 5.95. The predicted octanol–water partition coefficient (Wildman–Crippen LogP) is 3.02. The summed E-state index contributed by atoms with van der Waals surface area (Å²) in [5, 5.41) is 3.17. The van der Waals surface area contributed by atoms with Gasteiger partial charge in [-0.15, -0.1) is 0 Å². The Balaban J connectivity index is 1.43. The van der Waals surface area contributed by atoms with Crippen LogP contribution in [0.4, 0.5) is 4.79 Å². The van der Waals surface area contributed by atoms with Crippen molar-refractivity contribution >= 4 is 12.0 Å². The summed E-state index contributed by atoms with van der Waals surface area (Å²) in [5.41, 5.74) is 1.43. The SMILES string of the molecule is CC(C)COC(=O)N1CCCN(CC(=O)NCC2(c3ccccc3)CCC2)CC1. The summed E-state index contributed by atoms with van der Waals surface area (Å²) in [6, 6.07) is 10.5. The maximum Gasteiger partial charge on any atom is 0.409 e. The second-order valence-corrected chi connectivity index (χ2v) is 8.86. The maximum atomic E-state index is 12.6. The van der Waals surface area contributed by atoms with Gasteiger partial charge in [0, 0.05) is 38.1 Å². The minimum atomic E-state index is -0.236. The second kappa shape index (κ2) is 10.1. The van der Waals surface area contributed by atoms with Crippen LogP contribution in [0.2, 0.25) is 0 Å². The van der Waals surface area contributed by atoms with Crippen molar-refractivity contribution in [1.29, 1.82) is 0 Å². The van der Waals surface area contributed by atoms with Gasteiger partial charge in [-0.1, -0.05) is 50.6 Å². The van der Waals surface area contributed by atoms with Gasteiger partial charge >= 0.3 is 6.09 Å². The summed E-state index contributed by atoms with van der Waals surface area (Å²) in [5.74, 6) is 0.406. The molecule has 1 saturated heterocycles. The molecule has 2 amide bonds. The molecule has 29 heavy (non-hydrogen) atoms. The lowest BCUT2D eigenvalue weighted by Crippen LogP contribution is -2.48. The molecule has 1 saturated carbocycles. The van der Waals surface area contributed by atoms with Crippen molar-refractivity contribution in [3.05, 3.63) is 35.9 Å². The predicted molar refractivity (Wildman–Crippen MR) is 114 cm³/mol. The first-order valence-corrected chi connectivity index (χ1v) is 10.9. The molecule has 2 fully saturated rings. The van der Waals surface area contributed by atoms with E-state index in [4.69, 9.17) is 4.74 Å². The molecule has 0 bridgehead atoms. The van der Waals surface area contributed by atoms with Crippen LogP contribution in [0.25, 0.3) is 0 Å². The molecule has 0 atom stereocenters. The molecule has 0 aromatic heterocycles. The van der Waals surface area contributed by atoms with E-state index in [1.165, 1.54) is 12.0 Å². The highest BCUT2D eigenvalue weighted by atomic mass is 16.6. The molecule has 6 heteroatoms. The topological polar surface area (TPSA) is 61.9 Å². The van der Waals surface area contributed by atoms with E-state index in [1.54, 1.807) is 4.90 Å². The quantitative estimate of drug-likeness (QED) is 0.763. The van der Waals surface area contributed by atoms with Gasteiger partial charge in [0.2, 0.25) is 5.91 Å². The van der Waals surface area contributed by atoms with Crippen LogP contribution in [0.3, 0.4) is 0 Å². The fourth-order valence-electron chi connectivity index (χ4n) is 4.13. The first kappa shape index (κ1) is 21.6. The molecule has 1 aromatic carbocycles. The van der Waals surface area contributed by atoms with Crippen LogP contribution in [-0.2, 0) is 14.9 Å². The highest BCUT2D eigenvalue weighted by Crippen LogP contribution is 2.43. The lowest BCUT2D eigenvalue weighted by Gasteiger charge is -2.42. The zero-order chi connectivity index (χ0) is 20.7. The number of nitrogens with one attached hydrogen (secondary N) is 1. The number of rotatable bonds is 7. The second-order valence-electron chi connectivity index (χ2n) is 8.86. The van der Waals surface area contributed by atoms with E-state index < -0.39 is 0 Å². The van der Waals surface area contributed by atoms with Crippen molar-refractivity contribution in [1.82, 2.24) is 15.1 Å². The Morgan fingerprint density at radius 2 is 1.83 bits per heavy atom. The molecule has 160 valence electrons. The van der Waals surface area contributed by atoms with Crippen LogP contribution < -0.4 is 5.32 Å². The van der Waals surface area contributed by atoms with Crippen molar-refractivity contribution in [3.8, 4) is 0 Å². The van der Waals surface area contributed by atoms with Gasteiger partial charge in [0.15, 0.2) is 0 Å². The number of carbonyl (C=O) groups excluding carboxylic acids is 2. The normalized spacial score (nSPS) is 19.3. The van der Waals surface area contributed by atoms with E-state index in [-0.39, 0.29) is 17.4 Å². The van der Waals surface area contributed by atoms with Crippen LogP contribution in [0, 0.1) is 5.92 Å². The molecule has 1 aliphatic carbocycles. The highest BCUT2D eigenvalue weighted by Gasteiger charge is 2.38. The van der Waals surface area contributed by atoms with Crippen molar-refractivity contribution < 1.29 is 14.3 Å². The summed E-state index contributed by atoms with van der Waals surface area (Å²) >= 11 is 0. The summed E-state index contributed by atoms with van der Waals surface area (Å²) in [6.45, 7) is 8.43. The molecule has 2 aliphatic rings. The summed E-state index contributed by atoms with van der Waals surface area (Å²) < 4.78 is 5.34. The first-order valence-electron chi connectivity index (χ1n) is 10.9. The summed E-state index contributed by atoms with van der Waals surface area (Å²) in [7, 11) is 0. The fourth-order valence-corrected chi connectivity index (χ4v) is 4.13. The van der Waals surface area contributed by atoms with E-state index >= 15 is 0 Å². The lowest BCUT2D eigenvalue weighted by atomic mass is 9.64. The van der Waals surface area contributed by atoms with Gasteiger partial charge < -0.3 is 15.0 Å². The van der Waals surface area contributed by atoms with Crippen molar-refractivity contribution in [2.24, 2.45) is 5.92 Å². The van der Waals surface area contributed by atoms with Crippen LogP contribution in [0.15, 0.2) is 30.3 Å². The molecule has 6 nitrogen and oxygen atoms in total. The van der Waals surface area contributed by atoms with E-state index in [9.17, 15) is 9.59 Å². The van der Waals surface area contributed by atoms with E-state index in [0.717, 1.165) is 25.8 Å². The Hall–Kier alpha value is -2.08. The molecule has 1 aromatic rings. The Morgan fingerprint density at radius 1 is 1.07 bits per heavy atom. The number of benzene rings is 1. The molecular formula is C23H35N3O3. The number of nitrogens with zero attached hydrogens (tertiary/aromatic N) is 2. The van der Waals surface area contributed by atoms with Gasteiger partial charge in [0.25, 0.3) is 0 Å². The smallest absolute Gasteiger partial charge is 0.409 e. The molecule has 0 spiro atoms. The average molecular weight is 402 g/mol. The number of hydrogen-bond donors (Lipinski definition) is 1. The first-order chi connectivity index (χ1) is 14.0. The molecule has 3 rings (SSSR count). The highest BCUT2D eigenvalue weighted by molar-refractivity contribution is 5.78. The molecule has 1 N–H and O–H groups in total. The maximum absolute atomic E-state index is 12.6. The zero-order valence-corrected chi connectivity index (χ0v) is 17.9. The minimum absolute atomic E-state index is 0.0723. The van der Waals surface area contributed by atoms with E-state index in [1.807, 2.05) is 19.9 Å². The van der Waals surface area contributed by atoms with Gasteiger partial charge in [0.1, 0.15) is 0 Å². The average Bonchev–Trinajstić information content (AvgIpc) is 2.92. The van der Waals surface area contributed by atoms with Crippen LogP contribution in [-0.4, -0.2) is 67.7 Å². The van der Waals surface area contributed by atoms with Gasteiger partial charge in [-0.25, -0.2) is 4.79 Å². The molecular weight excluding hydrogens is 366 g/mol. The molecule has 0 radical (unpaired) electrons. The summed E-state index contributed by atoms with van der Waals surface area (Å²) in [6.07, 6.45) is 4.11. The zero-order valence-electron chi connectivity index (χ0n) is 17.9. The fraction of sp³-hybridized carbons (Fsp3) is 0.652. The van der Waals surface area contributed by atoms with E-state index in [0.29, 0.717) is 45.2 Å². The van der Waals surface area contributed by atoms with E-state index in [2.05, 4.69) is 34.5 Å².